The quantitative estimate of drug-likeness (QED) is 0.770. The number of carbonyl (C=O) groups excluding carboxylic acids is 1. The van der Waals surface area contributed by atoms with E-state index in [9.17, 15) is 4.79 Å². The van der Waals surface area contributed by atoms with Crippen LogP contribution in [0.5, 0.6) is 0 Å². The Morgan fingerprint density at radius 1 is 1.27 bits per heavy atom. The fraction of sp³-hybridized carbons (Fsp3) is 0.412. The first kappa shape index (κ1) is 16.1. The molecular formula is C17H24N4O. The number of nitrogens with one attached hydrogen (secondary N) is 2. The normalized spacial score (nSPS) is 11.9. The van der Waals surface area contributed by atoms with Gasteiger partial charge in [0.25, 0.3) is 0 Å². The first-order chi connectivity index (χ1) is 10.7. The number of urea groups is 1. The van der Waals surface area contributed by atoms with Gasteiger partial charge < -0.3 is 15.2 Å². The Morgan fingerprint density at radius 2 is 2.05 bits per heavy atom. The van der Waals surface area contributed by atoms with Crippen LogP contribution in [0.3, 0.4) is 0 Å². The monoisotopic (exact) mass is 300 g/mol. The molecule has 1 aromatic carbocycles. The van der Waals surface area contributed by atoms with E-state index in [1.165, 1.54) is 0 Å². The number of nitrogens with zero attached hydrogens (tertiary/aromatic N) is 2. The summed E-state index contributed by atoms with van der Waals surface area (Å²) in [6.45, 7) is 4.86. The standard InChI is InChI=1S/C17H24N4O/c1-3-4-5-10-19-17(22)20-14(2)15-6-8-16(9-7-15)21-12-11-18-13-21/h6-9,11-14H,3-5,10H2,1-2H3,(H2,19,20,22)/t14-/m0/s1. The smallest absolute Gasteiger partial charge is 0.315 e. The van der Waals surface area contributed by atoms with E-state index in [0.29, 0.717) is 0 Å². The van der Waals surface area contributed by atoms with Crippen LogP contribution < -0.4 is 10.6 Å². The predicted molar refractivity (Wildman–Crippen MR) is 88.0 cm³/mol. The molecule has 118 valence electrons. The van der Waals surface area contributed by atoms with Crippen molar-refractivity contribution in [1.82, 2.24) is 20.2 Å². The lowest BCUT2D eigenvalue weighted by Gasteiger charge is -2.15. The van der Waals surface area contributed by atoms with E-state index in [4.69, 9.17) is 0 Å². The fourth-order valence-corrected chi connectivity index (χ4v) is 2.25. The van der Waals surface area contributed by atoms with Gasteiger partial charge in [-0.2, -0.15) is 0 Å². The Kier molecular flexibility index (Phi) is 6.01. The van der Waals surface area contributed by atoms with Crippen LogP contribution in [0.4, 0.5) is 4.79 Å². The number of unbranched alkanes of at least 4 members (excludes halogenated alkanes) is 2. The van der Waals surface area contributed by atoms with Crippen molar-refractivity contribution < 1.29 is 4.79 Å². The number of amides is 2. The van der Waals surface area contributed by atoms with Crippen LogP contribution in [-0.4, -0.2) is 22.1 Å². The van der Waals surface area contributed by atoms with Crippen molar-refractivity contribution >= 4 is 6.03 Å². The average molecular weight is 300 g/mol. The first-order valence-electron chi connectivity index (χ1n) is 7.83. The zero-order valence-electron chi connectivity index (χ0n) is 13.2. The van der Waals surface area contributed by atoms with E-state index in [-0.39, 0.29) is 12.1 Å². The zero-order chi connectivity index (χ0) is 15.8. The van der Waals surface area contributed by atoms with Crippen molar-refractivity contribution in [1.29, 1.82) is 0 Å². The van der Waals surface area contributed by atoms with Crippen LogP contribution in [-0.2, 0) is 0 Å². The molecule has 2 aromatic rings. The molecule has 1 heterocycles. The summed E-state index contributed by atoms with van der Waals surface area (Å²) < 4.78 is 1.95. The van der Waals surface area contributed by atoms with Gasteiger partial charge in [0.1, 0.15) is 0 Å². The largest absolute Gasteiger partial charge is 0.338 e. The highest BCUT2D eigenvalue weighted by atomic mass is 16.2. The third-order valence-corrected chi connectivity index (χ3v) is 3.61. The van der Waals surface area contributed by atoms with Gasteiger partial charge in [0.05, 0.1) is 12.4 Å². The van der Waals surface area contributed by atoms with E-state index in [1.54, 1.807) is 12.5 Å². The number of benzene rings is 1. The minimum Gasteiger partial charge on any atom is -0.338 e. The summed E-state index contributed by atoms with van der Waals surface area (Å²) in [6, 6.07) is 7.96. The minimum atomic E-state index is -0.109. The van der Waals surface area contributed by atoms with Crippen molar-refractivity contribution in [3.63, 3.8) is 0 Å². The molecule has 0 saturated carbocycles. The minimum absolute atomic E-state index is 0.0250. The lowest BCUT2D eigenvalue weighted by atomic mass is 10.1. The molecule has 0 aliphatic heterocycles. The molecule has 5 nitrogen and oxygen atoms in total. The van der Waals surface area contributed by atoms with E-state index < -0.39 is 0 Å². The molecule has 0 aliphatic carbocycles. The van der Waals surface area contributed by atoms with Crippen LogP contribution >= 0.6 is 0 Å². The van der Waals surface area contributed by atoms with Crippen LogP contribution in [0.15, 0.2) is 43.0 Å². The molecule has 1 aromatic heterocycles. The molecule has 0 unspecified atom stereocenters. The fourth-order valence-electron chi connectivity index (χ4n) is 2.25. The summed E-state index contributed by atoms with van der Waals surface area (Å²) in [5.41, 5.74) is 2.13. The van der Waals surface area contributed by atoms with Crippen molar-refractivity contribution in [2.24, 2.45) is 0 Å². The molecule has 2 N–H and O–H groups in total. The molecule has 0 saturated heterocycles. The summed E-state index contributed by atoms with van der Waals surface area (Å²) in [6.07, 6.45) is 8.74. The first-order valence-corrected chi connectivity index (χ1v) is 7.83. The number of hydrogen-bond acceptors (Lipinski definition) is 2. The average Bonchev–Trinajstić information content (AvgIpc) is 3.06. The van der Waals surface area contributed by atoms with E-state index >= 15 is 0 Å². The molecule has 0 bridgehead atoms. The highest BCUT2D eigenvalue weighted by Crippen LogP contribution is 2.15. The molecule has 0 spiro atoms. The number of imidazole rings is 1. The molecular weight excluding hydrogens is 276 g/mol. The Bertz CT molecular complexity index is 563. The summed E-state index contributed by atoms with van der Waals surface area (Å²) >= 11 is 0. The van der Waals surface area contributed by atoms with Crippen molar-refractivity contribution in [2.75, 3.05) is 6.54 Å². The van der Waals surface area contributed by atoms with Crippen molar-refractivity contribution in [2.45, 2.75) is 39.2 Å². The van der Waals surface area contributed by atoms with Gasteiger partial charge in [-0.1, -0.05) is 31.9 Å². The van der Waals surface area contributed by atoms with Gasteiger partial charge in [-0.05, 0) is 31.0 Å². The van der Waals surface area contributed by atoms with Gasteiger partial charge >= 0.3 is 6.03 Å². The van der Waals surface area contributed by atoms with E-state index in [2.05, 4.69) is 22.5 Å². The predicted octanol–water partition coefficient (Wildman–Crippen LogP) is 3.42. The summed E-state index contributed by atoms with van der Waals surface area (Å²) in [4.78, 5) is 15.8. The number of rotatable bonds is 7. The summed E-state index contributed by atoms with van der Waals surface area (Å²) in [7, 11) is 0. The lowest BCUT2D eigenvalue weighted by molar-refractivity contribution is 0.237. The molecule has 2 rings (SSSR count). The maximum Gasteiger partial charge on any atom is 0.315 e. The van der Waals surface area contributed by atoms with E-state index in [1.807, 2.05) is 42.0 Å². The molecule has 1 atom stereocenters. The molecule has 5 heteroatoms. The summed E-state index contributed by atoms with van der Waals surface area (Å²) in [5.74, 6) is 0. The Hall–Kier alpha value is -2.30. The molecule has 22 heavy (non-hydrogen) atoms. The highest BCUT2D eigenvalue weighted by Gasteiger charge is 2.09. The van der Waals surface area contributed by atoms with Gasteiger partial charge in [0.15, 0.2) is 0 Å². The molecule has 2 amide bonds. The van der Waals surface area contributed by atoms with Gasteiger partial charge in [-0.25, -0.2) is 9.78 Å². The van der Waals surface area contributed by atoms with Crippen molar-refractivity contribution in [3.8, 4) is 5.69 Å². The van der Waals surface area contributed by atoms with Gasteiger partial charge in [0.2, 0.25) is 0 Å². The van der Waals surface area contributed by atoms with Crippen LogP contribution in [0, 0.1) is 0 Å². The lowest BCUT2D eigenvalue weighted by Crippen LogP contribution is -2.37. The highest BCUT2D eigenvalue weighted by molar-refractivity contribution is 5.74. The number of hydrogen-bond donors (Lipinski definition) is 2. The van der Waals surface area contributed by atoms with E-state index in [0.717, 1.165) is 37.1 Å². The Morgan fingerprint density at radius 3 is 2.68 bits per heavy atom. The number of aromatic nitrogens is 2. The number of carbonyl (C=O) groups is 1. The molecule has 0 fully saturated rings. The molecule has 0 aliphatic rings. The summed E-state index contributed by atoms with van der Waals surface area (Å²) in [5, 5.41) is 5.85. The second-order valence-corrected chi connectivity index (χ2v) is 5.39. The second kappa shape index (κ2) is 8.22. The topological polar surface area (TPSA) is 59.0 Å². The third-order valence-electron chi connectivity index (χ3n) is 3.61. The van der Waals surface area contributed by atoms with Crippen LogP contribution in [0.1, 0.15) is 44.7 Å². The SMILES string of the molecule is CCCCCNC(=O)N[C@@H](C)c1ccc(-n2ccnc2)cc1. The van der Waals surface area contributed by atoms with Gasteiger partial charge in [0, 0.05) is 24.6 Å². The van der Waals surface area contributed by atoms with Gasteiger partial charge in [-0.3, -0.25) is 0 Å². The Labute approximate surface area is 131 Å². The van der Waals surface area contributed by atoms with Crippen LogP contribution in [0.25, 0.3) is 5.69 Å². The third kappa shape index (κ3) is 4.62. The second-order valence-electron chi connectivity index (χ2n) is 5.39. The van der Waals surface area contributed by atoms with Crippen LogP contribution in [0.2, 0.25) is 0 Å². The maximum atomic E-state index is 11.8. The molecule has 0 radical (unpaired) electrons. The van der Waals surface area contributed by atoms with Crippen molar-refractivity contribution in [3.05, 3.63) is 48.5 Å². The maximum absolute atomic E-state index is 11.8. The zero-order valence-corrected chi connectivity index (χ0v) is 13.2. The Balaban J connectivity index is 1.84. The van der Waals surface area contributed by atoms with Gasteiger partial charge in [-0.15, -0.1) is 0 Å².